The Kier molecular flexibility index (Phi) is 8.03. The molecule has 0 aliphatic carbocycles. The fourth-order valence-corrected chi connectivity index (χ4v) is 1.15. The molecule has 0 radical (unpaired) electrons. The molecule has 1 atom stereocenters. The highest BCUT2D eigenvalue weighted by atomic mass is 16.5. The molecule has 11 heavy (non-hydrogen) atoms. The number of hydrogen-bond acceptors (Lipinski definition) is 1. The van der Waals surface area contributed by atoms with Crippen LogP contribution < -0.4 is 0 Å². The van der Waals surface area contributed by atoms with Gasteiger partial charge in [0.15, 0.2) is 0 Å². The van der Waals surface area contributed by atoms with Gasteiger partial charge in [-0.25, -0.2) is 0 Å². The maximum absolute atomic E-state index is 5.33. The molecule has 0 N–H and O–H groups in total. The largest absolute Gasteiger partial charge is 0.381 e. The quantitative estimate of drug-likeness (QED) is 0.517. The van der Waals surface area contributed by atoms with Crippen molar-refractivity contribution in [3.8, 4) is 0 Å². The van der Waals surface area contributed by atoms with E-state index < -0.39 is 0 Å². The summed E-state index contributed by atoms with van der Waals surface area (Å²) in [5.74, 6) is 0.751. The van der Waals surface area contributed by atoms with Crippen molar-refractivity contribution in [2.75, 3.05) is 13.2 Å². The van der Waals surface area contributed by atoms with Crippen LogP contribution in [0.2, 0.25) is 0 Å². The Morgan fingerprint density at radius 3 is 2.45 bits per heavy atom. The van der Waals surface area contributed by atoms with Gasteiger partial charge in [0.1, 0.15) is 0 Å². The van der Waals surface area contributed by atoms with Gasteiger partial charge >= 0.3 is 0 Å². The predicted octanol–water partition coefficient (Wildman–Crippen LogP) is 3.24. The van der Waals surface area contributed by atoms with Crippen LogP contribution in [0.25, 0.3) is 0 Å². The molecule has 0 spiro atoms. The average Bonchev–Trinajstić information content (AvgIpc) is 2.01. The van der Waals surface area contributed by atoms with E-state index >= 15 is 0 Å². The van der Waals surface area contributed by atoms with E-state index in [0.717, 1.165) is 19.1 Å². The van der Waals surface area contributed by atoms with Gasteiger partial charge in [0.05, 0.1) is 0 Å². The van der Waals surface area contributed by atoms with Gasteiger partial charge in [0, 0.05) is 13.2 Å². The van der Waals surface area contributed by atoms with E-state index in [4.69, 9.17) is 4.74 Å². The summed E-state index contributed by atoms with van der Waals surface area (Å²) in [5.41, 5.74) is 0. The third-order valence-electron chi connectivity index (χ3n) is 1.91. The highest BCUT2D eigenvalue weighted by Crippen LogP contribution is 2.09. The fraction of sp³-hybridized carbons (Fsp3) is 1.00. The summed E-state index contributed by atoms with van der Waals surface area (Å²) in [5, 5.41) is 0. The van der Waals surface area contributed by atoms with E-state index in [-0.39, 0.29) is 0 Å². The zero-order valence-electron chi connectivity index (χ0n) is 8.23. The third kappa shape index (κ3) is 7.86. The summed E-state index contributed by atoms with van der Waals surface area (Å²) < 4.78 is 5.33. The molecular formula is C10H22O. The molecule has 0 heterocycles. The zero-order valence-corrected chi connectivity index (χ0v) is 8.23. The Balaban J connectivity index is 3.02. The van der Waals surface area contributed by atoms with Gasteiger partial charge in [0.25, 0.3) is 0 Å². The van der Waals surface area contributed by atoms with E-state index in [1.54, 1.807) is 0 Å². The van der Waals surface area contributed by atoms with Crippen molar-refractivity contribution in [1.82, 2.24) is 0 Å². The van der Waals surface area contributed by atoms with Crippen LogP contribution >= 0.6 is 0 Å². The first-order valence-electron chi connectivity index (χ1n) is 4.89. The molecule has 0 fully saturated rings. The molecule has 0 bridgehead atoms. The van der Waals surface area contributed by atoms with E-state index in [9.17, 15) is 0 Å². The van der Waals surface area contributed by atoms with Crippen molar-refractivity contribution in [1.29, 1.82) is 0 Å². The second kappa shape index (κ2) is 8.06. The smallest absolute Gasteiger partial charge is 0.0491 e. The SMILES string of the molecule is CCCCCC(C)COCC. The molecule has 68 valence electrons. The minimum absolute atomic E-state index is 0.751. The Bertz CT molecular complexity index is 71.3. The standard InChI is InChI=1S/C10H22O/c1-4-6-7-8-10(3)9-11-5-2/h10H,4-9H2,1-3H3. The second-order valence-electron chi connectivity index (χ2n) is 3.26. The molecule has 0 aromatic carbocycles. The Morgan fingerprint density at radius 1 is 1.18 bits per heavy atom. The Hall–Kier alpha value is -0.0400. The van der Waals surface area contributed by atoms with E-state index in [2.05, 4.69) is 20.8 Å². The van der Waals surface area contributed by atoms with Crippen molar-refractivity contribution in [2.45, 2.75) is 46.5 Å². The summed E-state index contributed by atoms with van der Waals surface area (Å²) in [7, 11) is 0. The molecule has 0 saturated heterocycles. The molecule has 0 saturated carbocycles. The van der Waals surface area contributed by atoms with E-state index in [1.807, 2.05) is 0 Å². The van der Waals surface area contributed by atoms with E-state index in [0.29, 0.717) is 0 Å². The van der Waals surface area contributed by atoms with Crippen molar-refractivity contribution in [3.63, 3.8) is 0 Å². The Labute approximate surface area is 71.1 Å². The molecule has 0 rings (SSSR count). The molecule has 1 nitrogen and oxygen atoms in total. The number of rotatable bonds is 7. The van der Waals surface area contributed by atoms with Crippen LogP contribution in [0.4, 0.5) is 0 Å². The molecular weight excluding hydrogens is 136 g/mol. The van der Waals surface area contributed by atoms with Crippen molar-refractivity contribution in [2.24, 2.45) is 5.92 Å². The highest BCUT2D eigenvalue weighted by molar-refractivity contribution is 4.51. The summed E-state index contributed by atoms with van der Waals surface area (Å²) in [4.78, 5) is 0. The van der Waals surface area contributed by atoms with Gasteiger partial charge in [-0.15, -0.1) is 0 Å². The highest BCUT2D eigenvalue weighted by Gasteiger charge is 1.99. The lowest BCUT2D eigenvalue weighted by molar-refractivity contribution is 0.112. The molecule has 0 amide bonds. The number of hydrogen-bond donors (Lipinski definition) is 0. The van der Waals surface area contributed by atoms with Crippen LogP contribution in [0, 0.1) is 5.92 Å². The topological polar surface area (TPSA) is 9.23 Å². The van der Waals surface area contributed by atoms with Crippen molar-refractivity contribution < 1.29 is 4.74 Å². The zero-order chi connectivity index (χ0) is 8.53. The molecule has 0 aromatic heterocycles. The first-order valence-corrected chi connectivity index (χ1v) is 4.89. The van der Waals surface area contributed by atoms with Gasteiger partial charge in [-0.2, -0.15) is 0 Å². The molecule has 0 aromatic rings. The second-order valence-corrected chi connectivity index (χ2v) is 3.26. The monoisotopic (exact) mass is 158 g/mol. The minimum Gasteiger partial charge on any atom is -0.381 e. The molecule has 0 aliphatic heterocycles. The number of unbranched alkanes of at least 4 members (excludes halogenated alkanes) is 2. The maximum Gasteiger partial charge on any atom is 0.0491 e. The van der Waals surface area contributed by atoms with Crippen LogP contribution in [0.5, 0.6) is 0 Å². The van der Waals surface area contributed by atoms with Gasteiger partial charge < -0.3 is 4.74 Å². The predicted molar refractivity (Wildman–Crippen MR) is 49.8 cm³/mol. The lowest BCUT2D eigenvalue weighted by Crippen LogP contribution is -2.05. The van der Waals surface area contributed by atoms with Crippen LogP contribution in [0.15, 0.2) is 0 Å². The van der Waals surface area contributed by atoms with Crippen LogP contribution in [0.1, 0.15) is 46.5 Å². The summed E-state index contributed by atoms with van der Waals surface area (Å²) in [6.07, 6.45) is 5.39. The van der Waals surface area contributed by atoms with Gasteiger partial charge in [-0.1, -0.05) is 33.1 Å². The molecule has 0 aliphatic rings. The number of ether oxygens (including phenoxy) is 1. The average molecular weight is 158 g/mol. The van der Waals surface area contributed by atoms with Gasteiger partial charge in [-0.3, -0.25) is 0 Å². The first-order chi connectivity index (χ1) is 5.31. The van der Waals surface area contributed by atoms with Crippen LogP contribution in [0.3, 0.4) is 0 Å². The summed E-state index contributed by atoms with van der Waals surface area (Å²) in [6.45, 7) is 8.37. The summed E-state index contributed by atoms with van der Waals surface area (Å²) in [6, 6.07) is 0. The Morgan fingerprint density at radius 2 is 1.91 bits per heavy atom. The lowest BCUT2D eigenvalue weighted by atomic mass is 10.0. The van der Waals surface area contributed by atoms with E-state index in [1.165, 1.54) is 25.7 Å². The summed E-state index contributed by atoms with van der Waals surface area (Å²) >= 11 is 0. The van der Waals surface area contributed by atoms with Crippen molar-refractivity contribution >= 4 is 0 Å². The van der Waals surface area contributed by atoms with Gasteiger partial charge in [0.2, 0.25) is 0 Å². The molecule has 1 heteroatoms. The van der Waals surface area contributed by atoms with Crippen LogP contribution in [-0.2, 0) is 4.74 Å². The normalized spacial score (nSPS) is 13.4. The minimum atomic E-state index is 0.751. The maximum atomic E-state index is 5.33. The fourth-order valence-electron chi connectivity index (χ4n) is 1.15. The lowest BCUT2D eigenvalue weighted by Gasteiger charge is -2.09. The third-order valence-corrected chi connectivity index (χ3v) is 1.91. The van der Waals surface area contributed by atoms with Crippen molar-refractivity contribution in [3.05, 3.63) is 0 Å². The first kappa shape index (κ1) is 11.0. The van der Waals surface area contributed by atoms with Gasteiger partial charge in [-0.05, 0) is 19.3 Å². The molecule has 1 unspecified atom stereocenters. The van der Waals surface area contributed by atoms with Crippen LogP contribution in [-0.4, -0.2) is 13.2 Å².